The van der Waals surface area contributed by atoms with Gasteiger partial charge in [0.1, 0.15) is 6.10 Å². The van der Waals surface area contributed by atoms with Crippen molar-refractivity contribution in [2.75, 3.05) is 39.3 Å². The monoisotopic (exact) mass is 468 g/mol. The van der Waals surface area contributed by atoms with Gasteiger partial charge in [0.2, 0.25) is 0 Å². The van der Waals surface area contributed by atoms with Crippen molar-refractivity contribution in [3.8, 4) is 0 Å². The molecule has 1 saturated heterocycles. The van der Waals surface area contributed by atoms with Crippen LogP contribution in [0.4, 0.5) is 0 Å². The number of piperazine rings is 1. The van der Waals surface area contributed by atoms with Crippen LogP contribution in [0.2, 0.25) is 0 Å². The van der Waals surface area contributed by atoms with Crippen LogP contribution in [-0.2, 0) is 16.0 Å². The highest BCUT2D eigenvalue weighted by Gasteiger charge is 2.52. The molecular weight excluding hydrogens is 424 g/mol. The number of aliphatic hydroxyl groups is 1. The van der Waals surface area contributed by atoms with Gasteiger partial charge in [0, 0.05) is 58.5 Å². The third-order valence-electron chi connectivity index (χ3n) is 8.90. The second-order valence-corrected chi connectivity index (χ2v) is 11.2. The van der Waals surface area contributed by atoms with Gasteiger partial charge in [-0.2, -0.15) is 0 Å². The Morgan fingerprint density at radius 1 is 1.15 bits per heavy atom. The van der Waals surface area contributed by atoms with Gasteiger partial charge in [0.05, 0.1) is 5.60 Å². The summed E-state index contributed by atoms with van der Waals surface area (Å²) >= 11 is 0. The zero-order chi connectivity index (χ0) is 24.3. The van der Waals surface area contributed by atoms with Crippen LogP contribution in [0.1, 0.15) is 52.5 Å². The molecule has 0 radical (unpaired) electrons. The van der Waals surface area contributed by atoms with Crippen molar-refractivity contribution in [2.24, 2.45) is 23.7 Å². The van der Waals surface area contributed by atoms with Crippen LogP contribution in [-0.4, -0.2) is 71.8 Å². The Morgan fingerprint density at radius 2 is 1.82 bits per heavy atom. The van der Waals surface area contributed by atoms with Crippen molar-refractivity contribution in [2.45, 2.75) is 65.1 Å². The van der Waals surface area contributed by atoms with Gasteiger partial charge in [-0.1, -0.05) is 50.3 Å². The normalized spacial score (nSPS) is 33.6. The van der Waals surface area contributed by atoms with Gasteiger partial charge in [0.25, 0.3) is 0 Å². The highest BCUT2D eigenvalue weighted by molar-refractivity contribution is 5.66. The molecule has 1 heterocycles. The van der Waals surface area contributed by atoms with E-state index in [1.807, 2.05) is 0 Å². The molecular formula is C29H44N2O3. The lowest BCUT2D eigenvalue weighted by atomic mass is 9.57. The highest BCUT2D eigenvalue weighted by Crippen LogP contribution is 2.51. The number of carbonyl (C=O) groups is 1. The van der Waals surface area contributed by atoms with Crippen molar-refractivity contribution < 1.29 is 14.6 Å². The average molecular weight is 469 g/mol. The molecule has 34 heavy (non-hydrogen) atoms. The molecule has 2 aliphatic carbocycles. The Balaban J connectivity index is 1.33. The molecule has 1 aromatic rings. The minimum absolute atomic E-state index is 0.144. The van der Waals surface area contributed by atoms with Crippen molar-refractivity contribution in [3.63, 3.8) is 0 Å². The predicted molar refractivity (Wildman–Crippen MR) is 136 cm³/mol. The number of ether oxygens (including phenoxy) is 1. The summed E-state index contributed by atoms with van der Waals surface area (Å²) in [6.07, 6.45) is 5.81. The molecule has 3 aliphatic rings. The fourth-order valence-electron chi connectivity index (χ4n) is 6.67. The number of esters is 1. The van der Waals surface area contributed by atoms with Crippen LogP contribution in [0.3, 0.4) is 0 Å². The van der Waals surface area contributed by atoms with Gasteiger partial charge in [0.15, 0.2) is 0 Å². The van der Waals surface area contributed by atoms with Crippen molar-refractivity contribution in [1.82, 2.24) is 9.80 Å². The van der Waals surface area contributed by atoms with E-state index in [0.717, 1.165) is 64.1 Å². The number of nitrogens with zero attached hydrogens (tertiary/aromatic N) is 2. The zero-order valence-electron chi connectivity index (χ0n) is 21.6. The molecule has 1 aliphatic heterocycles. The maximum atomic E-state index is 11.8. The molecule has 4 rings (SSSR count). The van der Waals surface area contributed by atoms with Crippen LogP contribution >= 0.6 is 0 Å². The fraction of sp³-hybridized carbons (Fsp3) is 0.690. The van der Waals surface area contributed by atoms with Crippen molar-refractivity contribution in [3.05, 3.63) is 47.5 Å². The lowest BCUT2D eigenvalue weighted by molar-refractivity contribution is -0.159. The molecule has 188 valence electrons. The molecule has 2 fully saturated rings. The summed E-state index contributed by atoms with van der Waals surface area (Å²) in [5.41, 5.74) is 1.74. The molecule has 0 spiro atoms. The van der Waals surface area contributed by atoms with E-state index in [0.29, 0.717) is 18.3 Å². The summed E-state index contributed by atoms with van der Waals surface area (Å²) in [6, 6.07) is 10.8. The Hall–Kier alpha value is -1.69. The number of hydrogen-bond acceptors (Lipinski definition) is 5. The predicted octanol–water partition coefficient (Wildman–Crippen LogP) is 4.16. The van der Waals surface area contributed by atoms with Crippen LogP contribution in [0.5, 0.6) is 0 Å². The van der Waals surface area contributed by atoms with Crippen LogP contribution < -0.4 is 0 Å². The molecule has 5 heteroatoms. The molecule has 6 atom stereocenters. The summed E-state index contributed by atoms with van der Waals surface area (Å²) in [5, 5.41) is 11.8. The Labute approximate surface area is 206 Å². The van der Waals surface area contributed by atoms with Crippen molar-refractivity contribution in [1.29, 1.82) is 0 Å². The summed E-state index contributed by atoms with van der Waals surface area (Å²) in [5.74, 6) is 1.08. The SMILES string of the molecule is CC(=O)O[C@@H]1C[C@@]2(O)[C@H](C)CC[C@@H](C(C)CN3CCN(CCc4ccccc4)CC3)[C@H]2C=C1C. The standard InChI is InChI=1S/C29H44N2O3/c1-21-18-27-26(11-10-23(3)29(27,33)19-28(21)34-24(4)32)22(2)20-31-16-14-30(15-17-31)13-12-25-8-6-5-7-9-25/h5-9,18,22-23,26-28,33H,10-17,19-20H2,1-4H3/t22?,23-,26+,27-,28-,29-/m1/s1. The summed E-state index contributed by atoms with van der Waals surface area (Å²) < 4.78 is 5.56. The van der Waals surface area contributed by atoms with E-state index in [9.17, 15) is 9.90 Å². The summed E-state index contributed by atoms with van der Waals surface area (Å²) in [4.78, 5) is 16.8. The maximum absolute atomic E-state index is 11.8. The number of hydrogen-bond donors (Lipinski definition) is 1. The number of fused-ring (bicyclic) bond motifs is 1. The largest absolute Gasteiger partial charge is 0.458 e. The fourth-order valence-corrected chi connectivity index (χ4v) is 6.67. The van der Waals surface area contributed by atoms with E-state index in [1.165, 1.54) is 12.5 Å². The first kappa shape index (κ1) is 25.4. The minimum Gasteiger partial charge on any atom is -0.458 e. The second-order valence-electron chi connectivity index (χ2n) is 11.2. The van der Waals surface area contributed by atoms with Gasteiger partial charge < -0.3 is 19.6 Å². The van der Waals surface area contributed by atoms with E-state index in [2.05, 4.69) is 67.0 Å². The molecule has 0 bridgehead atoms. The first-order valence-electron chi connectivity index (χ1n) is 13.3. The van der Waals surface area contributed by atoms with Crippen molar-refractivity contribution >= 4 is 5.97 Å². The summed E-state index contributed by atoms with van der Waals surface area (Å²) in [7, 11) is 0. The smallest absolute Gasteiger partial charge is 0.303 e. The second kappa shape index (κ2) is 10.9. The van der Waals surface area contributed by atoms with Gasteiger partial charge in [-0.05, 0) is 55.1 Å². The van der Waals surface area contributed by atoms with E-state index >= 15 is 0 Å². The number of carbonyl (C=O) groups excluding carboxylic acids is 1. The number of rotatable bonds is 7. The van der Waals surface area contributed by atoms with Gasteiger partial charge in [-0.25, -0.2) is 0 Å². The Bertz CT molecular complexity index is 848. The summed E-state index contributed by atoms with van der Waals surface area (Å²) in [6.45, 7) is 14.8. The van der Waals surface area contributed by atoms with Crippen LogP contribution in [0.15, 0.2) is 42.0 Å². The van der Waals surface area contributed by atoms with E-state index in [4.69, 9.17) is 4.74 Å². The molecule has 1 aromatic carbocycles. The lowest BCUT2D eigenvalue weighted by Gasteiger charge is -2.53. The van der Waals surface area contributed by atoms with E-state index in [1.54, 1.807) is 0 Å². The first-order chi connectivity index (χ1) is 16.3. The third kappa shape index (κ3) is 5.75. The van der Waals surface area contributed by atoms with E-state index in [-0.39, 0.29) is 23.9 Å². The number of benzene rings is 1. The first-order valence-corrected chi connectivity index (χ1v) is 13.3. The molecule has 1 N–H and O–H groups in total. The highest BCUT2D eigenvalue weighted by atomic mass is 16.5. The molecule has 1 saturated carbocycles. The maximum Gasteiger partial charge on any atom is 0.303 e. The molecule has 1 unspecified atom stereocenters. The quantitative estimate of drug-likeness (QED) is 0.481. The van der Waals surface area contributed by atoms with Crippen LogP contribution in [0, 0.1) is 23.7 Å². The topological polar surface area (TPSA) is 53.0 Å². The average Bonchev–Trinajstić information content (AvgIpc) is 2.81. The molecule has 5 nitrogen and oxygen atoms in total. The Kier molecular flexibility index (Phi) is 8.16. The molecule has 0 aromatic heterocycles. The van der Waals surface area contributed by atoms with Gasteiger partial charge in [-0.3, -0.25) is 4.79 Å². The zero-order valence-corrected chi connectivity index (χ0v) is 21.6. The molecule has 0 amide bonds. The van der Waals surface area contributed by atoms with Gasteiger partial charge in [-0.15, -0.1) is 0 Å². The van der Waals surface area contributed by atoms with Crippen LogP contribution in [0.25, 0.3) is 0 Å². The third-order valence-corrected chi connectivity index (χ3v) is 8.90. The lowest BCUT2D eigenvalue weighted by Crippen LogP contribution is -2.56. The Morgan fingerprint density at radius 3 is 2.50 bits per heavy atom. The van der Waals surface area contributed by atoms with Gasteiger partial charge >= 0.3 is 5.97 Å². The minimum atomic E-state index is -0.785. The van der Waals surface area contributed by atoms with E-state index < -0.39 is 5.60 Å².